The molecule has 0 saturated carbocycles. The average molecular weight is 387 g/mol. The molecule has 1 aliphatic heterocycles. The Kier molecular flexibility index (Phi) is 5.05. The fourth-order valence-electron chi connectivity index (χ4n) is 2.72. The summed E-state index contributed by atoms with van der Waals surface area (Å²) in [7, 11) is -1.81. The van der Waals surface area contributed by atoms with Crippen LogP contribution in [0.3, 0.4) is 0 Å². The molecule has 1 fully saturated rings. The van der Waals surface area contributed by atoms with Crippen molar-refractivity contribution in [2.75, 3.05) is 38.2 Å². The molecule has 0 radical (unpaired) electrons. The number of hydrogen-bond donors (Lipinski definition) is 0. The minimum absolute atomic E-state index is 0.418. The normalized spacial score (nSPS) is 16.4. The van der Waals surface area contributed by atoms with Crippen molar-refractivity contribution < 1.29 is 13.2 Å². The number of aryl methyl sites for hydroxylation is 1. The van der Waals surface area contributed by atoms with Gasteiger partial charge in [-0.25, -0.2) is 8.42 Å². The van der Waals surface area contributed by atoms with Crippen LogP contribution in [0.2, 0.25) is 5.02 Å². The smallest absolute Gasteiger partial charge is 0.252 e. The van der Waals surface area contributed by atoms with Gasteiger partial charge in [-0.15, -0.1) is 11.3 Å². The second-order valence-electron chi connectivity index (χ2n) is 5.58. The summed E-state index contributed by atoms with van der Waals surface area (Å²) < 4.78 is 32.5. The van der Waals surface area contributed by atoms with Crippen LogP contribution in [-0.4, -0.2) is 46.0 Å². The van der Waals surface area contributed by atoms with Crippen LogP contribution in [0, 0.1) is 6.92 Å². The standard InChI is InChI=1S/C16H19ClN2O3S2/c1-12-3-6-16(23-12)24(20,21)19-9-7-18(8-10-19)13-4-5-15(22-2)14(17)11-13/h3-6,11H,7-10H2,1-2H3. The van der Waals surface area contributed by atoms with Crippen LogP contribution in [0.5, 0.6) is 5.75 Å². The molecule has 2 aromatic rings. The fraction of sp³-hybridized carbons (Fsp3) is 0.375. The van der Waals surface area contributed by atoms with E-state index in [4.69, 9.17) is 16.3 Å². The highest BCUT2D eigenvalue weighted by Crippen LogP contribution is 2.30. The average Bonchev–Trinajstić information content (AvgIpc) is 3.02. The van der Waals surface area contributed by atoms with E-state index in [9.17, 15) is 8.42 Å². The van der Waals surface area contributed by atoms with Crippen LogP contribution >= 0.6 is 22.9 Å². The first-order chi connectivity index (χ1) is 11.4. The molecule has 0 bridgehead atoms. The molecule has 0 amide bonds. The van der Waals surface area contributed by atoms with Gasteiger partial charge >= 0.3 is 0 Å². The van der Waals surface area contributed by atoms with Crippen LogP contribution in [0.15, 0.2) is 34.5 Å². The van der Waals surface area contributed by atoms with E-state index in [1.54, 1.807) is 17.5 Å². The lowest BCUT2D eigenvalue weighted by atomic mass is 10.2. The highest BCUT2D eigenvalue weighted by atomic mass is 35.5. The van der Waals surface area contributed by atoms with Crippen LogP contribution in [0.4, 0.5) is 5.69 Å². The Morgan fingerprint density at radius 1 is 1.12 bits per heavy atom. The molecule has 5 nitrogen and oxygen atoms in total. The van der Waals surface area contributed by atoms with Gasteiger partial charge in [-0.1, -0.05) is 11.6 Å². The summed E-state index contributed by atoms with van der Waals surface area (Å²) in [6, 6.07) is 9.15. The lowest BCUT2D eigenvalue weighted by Crippen LogP contribution is -2.48. The third kappa shape index (κ3) is 3.39. The van der Waals surface area contributed by atoms with Gasteiger partial charge in [0, 0.05) is 36.7 Å². The van der Waals surface area contributed by atoms with Gasteiger partial charge < -0.3 is 9.64 Å². The van der Waals surface area contributed by atoms with Gasteiger partial charge in [-0.3, -0.25) is 0 Å². The Balaban J connectivity index is 1.71. The summed E-state index contributed by atoms with van der Waals surface area (Å²) in [6.45, 7) is 4.10. The van der Waals surface area contributed by atoms with E-state index in [0.29, 0.717) is 41.2 Å². The molecule has 24 heavy (non-hydrogen) atoms. The van der Waals surface area contributed by atoms with Crippen molar-refractivity contribution in [2.24, 2.45) is 0 Å². The Morgan fingerprint density at radius 3 is 2.38 bits per heavy atom. The van der Waals surface area contributed by atoms with Crippen molar-refractivity contribution in [3.05, 3.63) is 40.2 Å². The topological polar surface area (TPSA) is 49.9 Å². The third-order valence-corrected chi connectivity index (χ3v) is 7.71. The molecule has 0 spiro atoms. The number of nitrogens with zero attached hydrogens (tertiary/aromatic N) is 2. The number of halogens is 1. The van der Waals surface area contributed by atoms with Gasteiger partial charge in [-0.2, -0.15) is 4.31 Å². The molecule has 0 aliphatic carbocycles. The van der Waals surface area contributed by atoms with Crippen molar-refractivity contribution >= 4 is 38.6 Å². The number of ether oxygens (including phenoxy) is 1. The zero-order valence-electron chi connectivity index (χ0n) is 13.5. The SMILES string of the molecule is COc1ccc(N2CCN(S(=O)(=O)c3ccc(C)s3)CC2)cc1Cl. The van der Waals surface area contributed by atoms with Crippen LogP contribution in [0.25, 0.3) is 0 Å². The van der Waals surface area contributed by atoms with Crippen LogP contribution in [-0.2, 0) is 10.0 Å². The van der Waals surface area contributed by atoms with Gasteiger partial charge in [0.2, 0.25) is 0 Å². The zero-order valence-corrected chi connectivity index (χ0v) is 15.9. The fourth-order valence-corrected chi connectivity index (χ4v) is 5.83. The number of rotatable bonds is 4. The zero-order chi connectivity index (χ0) is 17.3. The van der Waals surface area contributed by atoms with Gasteiger partial charge in [-0.05, 0) is 37.3 Å². The predicted molar refractivity (Wildman–Crippen MR) is 98.0 cm³/mol. The third-order valence-electron chi connectivity index (χ3n) is 4.05. The number of benzene rings is 1. The van der Waals surface area contributed by atoms with E-state index in [1.165, 1.54) is 11.3 Å². The second kappa shape index (κ2) is 6.92. The molecule has 8 heteroatoms. The molecule has 1 aliphatic rings. The van der Waals surface area contributed by atoms with E-state index in [2.05, 4.69) is 4.90 Å². The minimum Gasteiger partial charge on any atom is -0.495 e. The summed E-state index contributed by atoms with van der Waals surface area (Å²) in [6.07, 6.45) is 0. The molecule has 2 heterocycles. The van der Waals surface area contributed by atoms with Gasteiger partial charge in [0.15, 0.2) is 0 Å². The number of hydrogen-bond acceptors (Lipinski definition) is 5. The maximum atomic E-state index is 12.7. The Morgan fingerprint density at radius 2 is 1.83 bits per heavy atom. The molecular formula is C16H19ClN2O3S2. The van der Waals surface area contributed by atoms with E-state index in [1.807, 2.05) is 31.2 Å². The minimum atomic E-state index is -3.39. The number of thiophene rings is 1. The first-order valence-electron chi connectivity index (χ1n) is 7.57. The van der Waals surface area contributed by atoms with Gasteiger partial charge in [0.25, 0.3) is 10.0 Å². The molecule has 0 N–H and O–H groups in total. The lowest BCUT2D eigenvalue weighted by Gasteiger charge is -2.35. The lowest BCUT2D eigenvalue weighted by molar-refractivity contribution is 0.385. The van der Waals surface area contributed by atoms with E-state index >= 15 is 0 Å². The first kappa shape index (κ1) is 17.5. The van der Waals surface area contributed by atoms with Crippen molar-refractivity contribution in [1.29, 1.82) is 0 Å². The molecule has 1 aromatic heterocycles. The van der Waals surface area contributed by atoms with Crippen molar-refractivity contribution in [3.63, 3.8) is 0 Å². The Labute approximate surface area is 151 Å². The Hall–Kier alpha value is -1.28. The van der Waals surface area contributed by atoms with E-state index in [-0.39, 0.29) is 0 Å². The molecule has 130 valence electrons. The highest BCUT2D eigenvalue weighted by molar-refractivity contribution is 7.91. The highest BCUT2D eigenvalue weighted by Gasteiger charge is 2.29. The monoisotopic (exact) mass is 386 g/mol. The predicted octanol–water partition coefficient (Wildman–Crippen LogP) is 3.23. The van der Waals surface area contributed by atoms with Crippen LogP contribution in [0.1, 0.15) is 4.88 Å². The number of methoxy groups -OCH3 is 1. The number of piperazine rings is 1. The second-order valence-corrected chi connectivity index (χ2v) is 9.43. The maximum Gasteiger partial charge on any atom is 0.252 e. The van der Waals surface area contributed by atoms with E-state index < -0.39 is 10.0 Å². The molecular weight excluding hydrogens is 368 g/mol. The van der Waals surface area contributed by atoms with Crippen molar-refractivity contribution in [2.45, 2.75) is 11.1 Å². The van der Waals surface area contributed by atoms with Gasteiger partial charge in [0.1, 0.15) is 9.96 Å². The summed E-state index contributed by atoms with van der Waals surface area (Å²) in [5.74, 6) is 0.634. The maximum absolute atomic E-state index is 12.7. The molecule has 3 rings (SSSR count). The van der Waals surface area contributed by atoms with E-state index in [0.717, 1.165) is 10.6 Å². The first-order valence-corrected chi connectivity index (χ1v) is 10.2. The van der Waals surface area contributed by atoms with Gasteiger partial charge in [0.05, 0.1) is 12.1 Å². The largest absolute Gasteiger partial charge is 0.495 e. The molecule has 1 saturated heterocycles. The summed E-state index contributed by atoms with van der Waals surface area (Å²) in [5.41, 5.74) is 0.977. The summed E-state index contributed by atoms with van der Waals surface area (Å²) in [5, 5.41) is 0.555. The molecule has 0 unspecified atom stereocenters. The quantitative estimate of drug-likeness (QED) is 0.809. The molecule has 0 atom stereocenters. The summed E-state index contributed by atoms with van der Waals surface area (Å²) in [4.78, 5) is 3.14. The number of anilines is 1. The Bertz CT molecular complexity index is 828. The van der Waals surface area contributed by atoms with Crippen molar-refractivity contribution in [1.82, 2.24) is 4.31 Å². The number of sulfonamides is 1. The van der Waals surface area contributed by atoms with Crippen molar-refractivity contribution in [3.8, 4) is 5.75 Å². The summed E-state index contributed by atoms with van der Waals surface area (Å²) >= 11 is 7.49. The van der Waals surface area contributed by atoms with Crippen LogP contribution < -0.4 is 9.64 Å². The molecule has 1 aromatic carbocycles.